The number of esters is 1. The van der Waals surface area contributed by atoms with Crippen molar-refractivity contribution in [3.63, 3.8) is 0 Å². The van der Waals surface area contributed by atoms with E-state index in [0.717, 1.165) is 5.69 Å². The SMILES string of the molecule is O=C(CCNC(=O)c1ccccc1)OCc1nnnn1-c1ccccc1. The fourth-order valence-electron chi connectivity index (χ4n) is 2.25. The Hall–Kier alpha value is -3.55. The molecular weight excluding hydrogens is 334 g/mol. The van der Waals surface area contributed by atoms with Crippen LogP contribution in [0.5, 0.6) is 0 Å². The number of nitrogens with one attached hydrogen (secondary N) is 1. The van der Waals surface area contributed by atoms with Crippen LogP contribution >= 0.6 is 0 Å². The average molecular weight is 351 g/mol. The Kier molecular flexibility index (Phi) is 5.66. The van der Waals surface area contributed by atoms with E-state index in [-0.39, 0.29) is 25.5 Å². The van der Waals surface area contributed by atoms with Gasteiger partial charge in [-0.2, -0.15) is 4.68 Å². The number of nitrogens with zero attached hydrogens (tertiary/aromatic N) is 4. The molecule has 132 valence electrons. The highest BCUT2D eigenvalue weighted by Gasteiger charge is 2.12. The van der Waals surface area contributed by atoms with Gasteiger partial charge in [0.25, 0.3) is 5.91 Å². The van der Waals surface area contributed by atoms with Gasteiger partial charge in [-0.3, -0.25) is 9.59 Å². The third-order valence-corrected chi connectivity index (χ3v) is 3.55. The van der Waals surface area contributed by atoms with E-state index < -0.39 is 5.97 Å². The first-order valence-corrected chi connectivity index (χ1v) is 8.05. The first kappa shape index (κ1) is 17.3. The zero-order valence-electron chi connectivity index (χ0n) is 13.9. The van der Waals surface area contributed by atoms with Crippen molar-refractivity contribution >= 4 is 11.9 Å². The van der Waals surface area contributed by atoms with Crippen molar-refractivity contribution in [1.29, 1.82) is 0 Å². The molecule has 8 nitrogen and oxygen atoms in total. The number of hydrogen-bond acceptors (Lipinski definition) is 6. The van der Waals surface area contributed by atoms with Crippen LogP contribution in [0.15, 0.2) is 60.7 Å². The highest BCUT2D eigenvalue weighted by atomic mass is 16.5. The van der Waals surface area contributed by atoms with E-state index in [2.05, 4.69) is 20.8 Å². The fourth-order valence-corrected chi connectivity index (χ4v) is 2.25. The highest BCUT2D eigenvalue weighted by molar-refractivity contribution is 5.94. The summed E-state index contributed by atoms with van der Waals surface area (Å²) in [6, 6.07) is 18.1. The normalized spacial score (nSPS) is 10.3. The Balaban J connectivity index is 1.45. The molecule has 0 saturated heterocycles. The lowest BCUT2D eigenvalue weighted by Crippen LogP contribution is -2.26. The average Bonchev–Trinajstić information content (AvgIpc) is 3.16. The van der Waals surface area contributed by atoms with Gasteiger partial charge in [0.05, 0.1) is 12.1 Å². The fraction of sp³-hybridized carbons (Fsp3) is 0.167. The number of amides is 1. The van der Waals surface area contributed by atoms with Crippen LogP contribution in [0, 0.1) is 0 Å². The van der Waals surface area contributed by atoms with E-state index in [1.807, 2.05) is 36.4 Å². The number of ether oxygens (including phenoxy) is 1. The molecule has 0 aliphatic heterocycles. The number of hydrogen-bond donors (Lipinski definition) is 1. The highest BCUT2D eigenvalue weighted by Crippen LogP contribution is 2.08. The molecule has 0 unspecified atom stereocenters. The van der Waals surface area contributed by atoms with E-state index in [4.69, 9.17) is 4.74 Å². The molecule has 1 heterocycles. The molecule has 0 radical (unpaired) electrons. The van der Waals surface area contributed by atoms with Gasteiger partial charge in [0.1, 0.15) is 0 Å². The molecule has 0 bridgehead atoms. The zero-order valence-corrected chi connectivity index (χ0v) is 13.9. The maximum Gasteiger partial charge on any atom is 0.308 e. The summed E-state index contributed by atoms with van der Waals surface area (Å²) in [4.78, 5) is 23.7. The molecule has 3 rings (SSSR count). The monoisotopic (exact) mass is 351 g/mol. The Bertz CT molecular complexity index is 865. The number of rotatable bonds is 7. The van der Waals surface area contributed by atoms with Gasteiger partial charge in [-0.25, -0.2) is 0 Å². The number of carbonyl (C=O) groups is 2. The predicted octanol–water partition coefficient (Wildman–Crippen LogP) is 1.53. The van der Waals surface area contributed by atoms with Gasteiger partial charge in [0.15, 0.2) is 12.4 Å². The van der Waals surface area contributed by atoms with Gasteiger partial charge in [0, 0.05) is 12.1 Å². The molecule has 2 aromatic carbocycles. The van der Waals surface area contributed by atoms with Gasteiger partial charge in [-0.1, -0.05) is 36.4 Å². The lowest BCUT2D eigenvalue weighted by Gasteiger charge is -2.07. The molecule has 0 saturated carbocycles. The number of tetrazole rings is 1. The van der Waals surface area contributed by atoms with Crippen LogP contribution in [-0.4, -0.2) is 38.6 Å². The molecule has 0 fully saturated rings. The van der Waals surface area contributed by atoms with Crippen LogP contribution < -0.4 is 5.32 Å². The predicted molar refractivity (Wildman–Crippen MR) is 92.3 cm³/mol. The van der Waals surface area contributed by atoms with Crippen molar-refractivity contribution in [3.8, 4) is 5.69 Å². The summed E-state index contributed by atoms with van der Waals surface area (Å²) in [7, 11) is 0. The summed E-state index contributed by atoms with van der Waals surface area (Å²) in [5, 5.41) is 14.0. The second-order valence-electron chi connectivity index (χ2n) is 5.38. The van der Waals surface area contributed by atoms with Gasteiger partial charge < -0.3 is 10.1 Å². The lowest BCUT2D eigenvalue weighted by molar-refractivity contribution is -0.145. The van der Waals surface area contributed by atoms with E-state index in [0.29, 0.717) is 11.4 Å². The minimum absolute atomic E-state index is 0.0483. The molecule has 0 spiro atoms. The van der Waals surface area contributed by atoms with Crippen molar-refractivity contribution in [1.82, 2.24) is 25.5 Å². The number of carbonyl (C=O) groups excluding carboxylic acids is 2. The van der Waals surface area contributed by atoms with Crippen LogP contribution in [0.25, 0.3) is 5.69 Å². The summed E-state index contributed by atoms with van der Waals surface area (Å²) in [5.41, 5.74) is 1.32. The van der Waals surface area contributed by atoms with Crippen LogP contribution in [-0.2, 0) is 16.1 Å². The first-order chi connectivity index (χ1) is 12.7. The van der Waals surface area contributed by atoms with Gasteiger partial charge in [0.2, 0.25) is 0 Å². The van der Waals surface area contributed by atoms with Crippen LogP contribution in [0.1, 0.15) is 22.6 Å². The van der Waals surface area contributed by atoms with Crippen LogP contribution in [0.3, 0.4) is 0 Å². The van der Waals surface area contributed by atoms with Gasteiger partial charge in [-0.15, -0.1) is 5.10 Å². The minimum Gasteiger partial charge on any atom is -0.457 e. The smallest absolute Gasteiger partial charge is 0.308 e. The summed E-state index contributed by atoms with van der Waals surface area (Å²) in [5.74, 6) is -0.259. The van der Waals surface area contributed by atoms with Crippen molar-refractivity contribution < 1.29 is 14.3 Å². The molecule has 3 aromatic rings. The molecular formula is C18H17N5O3. The number of aromatic nitrogens is 4. The summed E-state index contributed by atoms with van der Waals surface area (Å²) in [6.45, 7) is 0.142. The third-order valence-electron chi connectivity index (χ3n) is 3.55. The van der Waals surface area contributed by atoms with E-state index in [1.54, 1.807) is 24.3 Å². The maximum atomic E-state index is 11.9. The molecule has 0 aliphatic rings. The Morgan fingerprint density at radius 3 is 2.42 bits per heavy atom. The van der Waals surface area contributed by atoms with Crippen molar-refractivity contribution in [3.05, 3.63) is 72.1 Å². The summed E-state index contributed by atoms with van der Waals surface area (Å²) < 4.78 is 6.69. The zero-order chi connectivity index (χ0) is 18.2. The number of para-hydroxylation sites is 1. The van der Waals surface area contributed by atoms with Crippen LogP contribution in [0.4, 0.5) is 0 Å². The second-order valence-corrected chi connectivity index (χ2v) is 5.38. The van der Waals surface area contributed by atoms with Crippen molar-refractivity contribution in [2.24, 2.45) is 0 Å². The topological polar surface area (TPSA) is 99.0 Å². The molecule has 0 atom stereocenters. The minimum atomic E-state index is -0.444. The molecule has 0 aliphatic carbocycles. The number of benzene rings is 2. The van der Waals surface area contributed by atoms with E-state index in [9.17, 15) is 9.59 Å². The summed E-state index contributed by atoms with van der Waals surface area (Å²) >= 11 is 0. The van der Waals surface area contributed by atoms with Crippen molar-refractivity contribution in [2.45, 2.75) is 13.0 Å². The second kappa shape index (κ2) is 8.52. The lowest BCUT2D eigenvalue weighted by atomic mass is 10.2. The molecule has 1 aromatic heterocycles. The third kappa shape index (κ3) is 4.50. The largest absolute Gasteiger partial charge is 0.457 e. The Morgan fingerprint density at radius 2 is 1.69 bits per heavy atom. The molecule has 1 amide bonds. The summed E-state index contributed by atoms with van der Waals surface area (Å²) in [6.07, 6.45) is 0.0610. The van der Waals surface area contributed by atoms with E-state index in [1.165, 1.54) is 4.68 Å². The standard InChI is InChI=1S/C18H17N5O3/c24-17(11-12-19-18(25)14-7-3-1-4-8-14)26-13-16-20-21-22-23(16)15-9-5-2-6-10-15/h1-10H,11-13H2,(H,19,25). The van der Waals surface area contributed by atoms with Crippen molar-refractivity contribution in [2.75, 3.05) is 6.54 Å². The molecule has 8 heteroatoms. The van der Waals surface area contributed by atoms with Crippen LogP contribution in [0.2, 0.25) is 0 Å². The van der Waals surface area contributed by atoms with Gasteiger partial charge in [-0.05, 0) is 34.7 Å². The van der Waals surface area contributed by atoms with E-state index >= 15 is 0 Å². The molecule has 26 heavy (non-hydrogen) atoms. The maximum absolute atomic E-state index is 11.9. The Morgan fingerprint density at radius 1 is 1.00 bits per heavy atom. The first-order valence-electron chi connectivity index (χ1n) is 8.05. The Labute approximate surface area is 149 Å². The van der Waals surface area contributed by atoms with Gasteiger partial charge >= 0.3 is 5.97 Å². The quantitative estimate of drug-likeness (QED) is 0.648. The molecule has 1 N–H and O–H groups in total.